The summed E-state index contributed by atoms with van der Waals surface area (Å²) in [5, 5.41) is 9.27. The largest absolute Gasteiger partial charge is 0.490 e. The van der Waals surface area contributed by atoms with Gasteiger partial charge in [0.25, 0.3) is 0 Å². The zero-order valence-corrected chi connectivity index (χ0v) is 14.9. The minimum absolute atomic E-state index is 0.196. The standard InChI is InChI=1S/C21H20N2O4/c1-3-12-27-17-10-8-14(13-18(17)26-4-2)9-11-19-22-16-7-5-6-15(21(24)25)20(16)23-19/h3,5-11,13H,1,4,12H2,2H3,(H,22,23)(H,24,25). The van der Waals surface area contributed by atoms with E-state index in [0.717, 1.165) is 5.56 Å². The predicted molar refractivity (Wildman–Crippen MR) is 105 cm³/mol. The quantitative estimate of drug-likeness (QED) is 0.579. The van der Waals surface area contributed by atoms with Gasteiger partial charge in [-0.15, -0.1) is 0 Å². The van der Waals surface area contributed by atoms with Gasteiger partial charge in [0.1, 0.15) is 12.4 Å². The van der Waals surface area contributed by atoms with E-state index in [1.54, 1.807) is 30.4 Å². The fourth-order valence-corrected chi connectivity index (χ4v) is 2.65. The van der Waals surface area contributed by atoms with Crippen LogP contribution in [-0.2, 0) is 0 Å². The summed E-state index contributed by atoms with van der Waals surface area (Å²) in [6.45, 7) is 6.48. The molecule has 3 aromatic rings. The molecule has 2 aromatic carbocycles. The highest BCUT2D eigenvalue weighted by Crippen LogP contribution is 2.29. The average molecular weight is 364 g/mol. The number of benzene rings is 2. The number of hydrogen-bond donors (Lipinski definition) is 2. The molecule has 6 nitrogen and oxygen atoms in total. The van der Waals surface area contributed by atoms with Crippen LogP contribution in [0.15, 0.2) is 49.1 Å². The van der Waals surface area contributed by atoms with Crippen molar-refractivity contribution < 1.29 is 19.4 Å². The molecular formula is C21H20N2O4. The number of nitrogens with one attached hydrogen (secondary N) is 1. The molecule has 0 aliphatic rings. The number of carboxylic acid groups (broad SMARTS) is 1. The second-order valence-electron chi connectivity index (χ2n) is 5.70. The molecule has 0 fully saturated rings. The molecule has 27 heavy (non-hydrogen) atoms. The van der Waals surface area contributed by atoms with Crippen molar-refractivity contribution in [2.45, 2.75) is 6.92 Å². The van der Waals surface area contributed by atoms with E-state index in [4.69, 9.17) is 9.47 Å². The summed E-state index contributed by atoms with van der Waals surface area (Å²) in [6, 6.07) is 10.6. The Bertz CT molecular complexity index is 1000. The minimum atomic E-state index is -0.990. The highest BCUT2D eigenvalue weighted by Gasteiger charge is 2.11. The van der Waals surface area contributed by atoms with Gasteiger partial charge in [0.05, 0.1) is 23.2 Å². The molecule has 3 rings (SSSR count). The maximum Gasteiger partial charge on any atom is 0.337 e. The monoisotopic (exact) mass is 364 g/mol. The second kappa shape index (κ2) is 8.23. The van der Waals surface area contributed by atoms with Crippen LogP contribution >= 0.6 is 0 Å². The molecule has 0 spiro atoms. The number of nitrogens with zero attached hydrogens (tertiary/aromatic N) is 1. The van der Waals surface area contributed by atoms with Crippen LogP contribution < -0.4 is 9.47 Å². The maximum atomic E-state index is 11.3. The Labute approximate surface area is 156 Å². The first-order chi connectivity index (χ1) is 13.1. The fraction of sp³-hybridized carbons (Fsp3) is 0.143. The van der Waals surface area contributed by atoms with Gasteiger partial charge in [-0.05, 0) is 42.8 Å². The summed E-state index contributed by atoms with van der Waals surface area (Å²) in [6.07, 6.45) is 5.34. The van der Waals surface area contributed by atoms with E-state index in [0.29, 0.717) is 41.6 Å². The lowest BCUT2D eigenvalue weighted by Gasteiger charge is -2.11. The lowest BCUT2D eigenvalue weighted by Crippen LogP contribution is -1.99. The van der Waals surface area contributed by atoms with Crippen molar-refractivity contribution >= 4 is 29.2 Å². The first-order valence-corrected chi connectivity index (χ1v) is 8.53. The molecule has 0 aliphatic carbocycles. The lowest BCUT2D eigenvalue weighted by atomic mass is 10.2. The molecule has 0 atom stereocenters. The van der Waals surface area contributed by atoms with Gasteiger partial charge in [-0.1, -0.05) is 30.9 Å². The number of H-pyrrole nitrogens is 1. The van der Waals surface area contributed by atoms with E-state index in [1.807, 2.05) is 31.2 Å². The predicted octanol–water partition coefficient (Wildman–Crippen LogP) is 4.40. The Kier molecular flexibility index (Phi) is 5.56. The van der Waals surface area contributed by atoms with E-state index >= 15 is 0 Å². The SMILES string of the molecule is C=CCOc1ccc(C=Cc2nc3cccc(C(=O)O)c3[nH]2)cc1OCC. The van der Waals surface area contributed by atoms with Crippen molar-refractivity contribution in [3.63, 3.8) is 0 Å². The molecule has 138 valence electrons. The van der Waals surface area contributed by atoms with Crippen LogP contribution in [0.1, 0.15) is 28.7 Å². The summed E-state index contributed by atoms with van der Waals surface area (Å²) in [5.74, 6) is 0.892. The third-order valence-corrected chi connectivity index (χ3v) is 3.82. The van der Waals surface area contributed by atoms with Crippen LogP contribution in [-0.4, -0.2) is 34.3 Å². The van der Waals surface area contributed by atoms with Crippen molar-refractivity contribution in [3.05, 3.63) is 66.0 Å². The van der Waals surface area contributed by atoms with Crippen molar-refractivity contribution in [2.24, 2.45) is 0 Å². The Morgan fingerprint density at radius 3 is 2.81 bits per heavy atom. The van der Waals surface area contributed by atoms with Gasteiger partial charge in [-0.2, -0.15) is 0 Å². The number of carboxylic acids is 1. The summed E-state index contributed by atoms with van der Waals surface area (Å²) in [7, 11) is 0. The van der Waals surface area contributed by atoms with Gasteiger partial charge in [-0.25, -0.2) is 9.78 Å². The summed E-state index contributed by atoms with van der Waals surface area (Å²) >= 11 is 0. The molecule has 0 radical (unpaired) electrons. The van der Waals surface area contributed by atoms with E-state index in [1.165, 1.54) is 0 Å². The van der Waals surface area contributed by atoms with Crippen molar-refractivity contribution in [1.82, 2.24) is 9.97 Å². The van der Waals surface area contributed by atoms with E-state index in [9.17, 15) is 9.90 Å². The number of imidazole rings is 1. The van der Waals surface area contributed by atoms with Gasteiger partial charge >= 0.3 is 5.97 Å². The zero-order chi connectivity index (χ0) is 19.2. The van der Waals surface area contributed by atoms with E-state index in [-0.39, 0.29) is 5.56 Å². The van der Waals surface area contributed by atoms with E-state index in [2.05, 4.69) is 16.5 Å². The Morgan fingerprint density at radius 1 is 1.22 bits per heavy atom. The van der Waals surface area contributed by atoms with Crippen LogP contribution in [0.25, 0.3) is 23.2 Å². The Morgan fingerprint density at radius 2 is 2.07 bits per heavy atom. The number of hydrogen-bond acceptors (Lipinski definition) is 4. The molecule has 0 bridgehead atoms. The van der Waals surface area contributed by atoms with Gasteiger partial charge < -0.3 is 19.6 Å². The number of para-hydroxylation sites is 1. The highest BCUT2D eigenvalue weighted by molar-refractivity contribution is 6.01. The average Bonchev–Trinajstić information content (AvgIpc) is 3.08. The summed E-state index contributed by atoms with van der Waals surface area (Å²) < 4.78 is 11.2. The van der Waals surface area contributed by atoms with E-state index < -0.39 is 5.97 Å². The van der Waals surface area contributed by atoms with Crippen LogP contribution in [0, 0.1) is 0 Å². The second-order valence-corrected chi connectivity index (χ2v) is 5.70. The molecule has 1 heterocycles. The number of aromatic amines is 1. The minimum Gasteiger partial charge on any atom is -0.490 e. The molecule has 0 aliphatic heterocycles. The summed E-state index contributed by atoms with van der Waals surface area (Å²) in [4.78, 5) is 18.8. The number of ether oxygens (including phenoxy) is 2. The fourth-order valence-electron chi connectivity index (χ4n) is 2.65. The van der Waals surface area contributed by atoms with Crippen molar-refractivity contribution in [1.29, 1.82) is 0 Å². The third kappa shape index (κ3) is 4.17. The van der Waals surface area contributed by atoms with Crippen LogP contribution in [0.5, 0.6) is 11.5 Å². The smallest absolute Gasteiger partial charge is 0.337 e. The Hall–Kier alpha value is -3.54. The topological polar surface area (TPSA) is 84.4 Å². The molecule has 0 saturated heterocycles. The van der Waals surface area contributed by atoms with Gasteiger partial charge in [0.15, 0.2) is 11.5 Å². The van der Waals surface area contributed by atoms with Gasteiger partial charge in [0, 0.05) is 0 Å². The molecular weight excluding hydrogens is 344 g/mol. The van der Waals surface area contributed by atoms with Crippen molar-refractivity contribution in [3.8, 4) is 11.5 Å². The molecule has 0 saturated carbocycles. The number of carbonyl (C=O) groups is 1. The van der Waals surface area contributed by atoms with Crippen LogP contribution in [0.3, 0.4) is 0 Å². The molecule has 0 amide bonds. The van der Waals surface area contributed by atoms with Crippen LogP contribution in [0.4, 0.5) is 0 Å². The summed E-state index contributed by atoms with van der Waals surface area (Å²) in [5.41, 5.74) is 2.22. The normalized spacial score (nSPS) is 11.0. The molecule has 6 heteroatoms. The van der Waals surface area contributed by atoms with Gasteiger partial charge in [0.2, 0.25) is 0 Å². The number of aromatic nitrogens is 2. The maximum absolute atomic E-state index is 11.3. The Balaban J connectivity index is 1.88. The lowest BCUT2D eigenvalue weighted by molar-refractivity contribution is 0.0699. The van der Waals surface area contributed by atoms with Gasteiger partial charge in [-0.3, -0.25) is 0 Å². The number of aromatic carboxylic acids is 1. The first kappa shape index (κ1) is 18.3. The zero-order valence-electron chi connectivity index (χ0n) is 14.9. The molecule has 0 unspecified atom stereocenters. The number of rotatable bonds is 8. The number of fused-ring (bicyclic) bond motifs is 1. The molecule has 1 aromatic heterocycles. The van der Waals surface area contributed by atoms with Crippen molar-refractivity contribution in [2.75, 3.05) is 13.2 Å². The highest BCUT2D eigenvalue weighted by atomic mass is 16.5. The third-order valence-electron chi connectivity index (χ3n) is 3.82. The first-order valence-electron chi connectivity index (χ1n) is 8.53. The van der Waals surface area contributed by atoms with Crippen LogP contribution in [0.2, 0.25) is 0 Å². The molecule has 2 N–H and O–H groups in total.